The Kier molecular flexibility index (Phi) is 2.84. The molecule has 0 unspecified atom stereocenters. The summed E-state index contributed by atoms with van der Waals surface area (Å²) in [4.78, 5) is 0. The Morgan fingerprint density at radius 2 is 1.50 bits per heavy atom. The Hall–Kier alpha value is -2.32. The Morgan fingerprint density at radius 1 is 0.792 bits per heavy atom. The maximum absolute atomic E-state index is 2.39. The first kappa shape index (κ1) is 14.1. The van der Waals surface area contributed by atoms with Crippen LogP contribution >= 0.6 is 11.3 Å². The second-order valence-corrected chi connectivity index (χ2v) is 7.97. The van der Waals surface area contributed by atoms with Gasteiger partial charge in [0, 0.05) is 43.5 Å². The highest BCUT2D eigenvalue weighted by atomic mass is 32.1. The topological polar surface area (TPSA) is 4.93 Å². The first-order chi connectivity index (χ1) is 11.7. The zero-order chi connectivity index (χ0) is 16.4. The van der Waals surface area contributed by atoms with Crippen molar-refractivity contribution in [2.24, 2.45) is 7.05 Å². The summed E-state index contributed by atoms with van der Waals surface area (Å²) < 4.78 is 5.13. The van der Waals surface area contributed by atoms with Crippen molar-refractivity contribution in [2.75, 3.05) is 0 Å². The van der Waals surface area contributed by atoms with Gasteiger partial charge in [0.25, 0.3) is 0 Å². The van der Waals surface area contributed by atoms with Crippen LogP contribution in [-0.2, 0) is 7.05 Å². The molecule has 0 amide bonds. The molecular weight excluding hydrogens is 310 g/mol. The van der Waals surface area contributed by atoms with Crippen molar-refractivity contribution >= 4 is 53.3 Å². The highest BCUT2D eigenvalue weighted by Gasteiger charge is 2.19. The number of aryl methyl sites for hydroxylation is 1. The summed E-state index contributed by atoms with van der Waals surface area (Å²) in [5.74, 6) is 0.486. The summed E-state index contributed by atoms with van der Waals surface area (Å²) in [5, 5.41) is 5.65. The Morgan fingerprint density at radius 3 is 2.29 bits per heavy atom. The molecule has 0 aliphatic rings. The quantitative estimate of drug-likeness (QED) is 0.318. The van der Waals surface area contributed by atoms with Crippen LogP contribution in [0.2, 0.25) is 0 Å². The molecule has 1 nitrogen and oxygen atoms in total. The molecule has 0 bridgehead atoms. The summed E-state index contributed by atoms with van der Waals surface area (Å²) in [5.41, 5.74) is 4.16. The van der Waals surface area contributed by atoms with Gasteiger partial charge in [0.05, 0.1) is 5.52 Å². The normalized spacial score (nSPS) is 12.3. The number of nitrogens with zero attached hydrogens (tertiary/aromatic N) is 1. The molecule has 0 radical (unpaired) electrons. The Labute approximate surface area is 145 Å². The van der Waals surface area contributed by atoms with Gasteiger partial charge in [-0.05, 0) is 29.7 Å². The number of thiophene rings is 1. The van der Waals surface area contributed by atoms with Crippen LogP contribution in [0.1, 0.15) is 25.3 Å². The fraction of sp³-hybridized carbons (Fsp3) is 0.182. The predicted octanol–water partition coefficient (Wildman–Crippen LogP) is 6.82. The summed E-state index contributed by atoms with van der Waals surface area (Å²) in [6, 6.07) is 20.0. The van der Waals surface area contributed by atoms with Crippen molar-refractivity contribution in [1.82, 2.24) is 4.57 Å². The van der Waals surface area contributed by atoms with E-state index in [2.05, 4.69) is 80.1 Å². The van der Waals surface area contributed by atoms with Crippen LogP contribution in [0.4, 0.5) is 0 Å². The standard InChI is InChI=1S/C22H19NS/c1-13(2)20-21-14-8-4-6-10-16(14)23(3)17(21)12-19-22(20)15-9-5-7-11-18(15)24-19/h4-13H,1-3H3. The lowest BCUT2D eigenvalue weighted by atomic mass is 9.92. The third kappa shape index (κ3) is 1.69. The van der Waals surface area contributed by atoms with Gasteiger partial charge in [-0.15, -0.1) is 11.3 Å². The number of fused-ring (bicyclic) bond motifs is 6. The van der Waals surface area contributed by atoms with Gasteiger partial charge in [0.2, 0.25) is 0 Å². The first-order valence-electron chi connectivity index (χ1n) is 8.48. The number of hydrogen-bond acceptors (Lipinski definition) is 1. The Balaban J connectivity index is 2.15. The molecule has 0 spiro atoms. The van der Waals surface area contributed by atoms with Gasteiger partial charge < -0.3 is 4.57 Å². The van der Waals surface area contributed by atoms with Crippen molar-refractivity contribution in [3.8, 4) is 0 Å². The van der Waals surface area contributed by atoms with Crippen LogP contribution in [0.25, 0.3) is 42.0 Å². The second-order valence-electron chi connectivity index (χ2n) is 6.89. The molecule has 24 heavy (non-hydrogen) atoms. The lowest BCUT2D eigenvalue weighted by Gasteiger charge is -2.11. The SMILES string of the molecule is CC(C)c1c2c(cc3c1c1ccccc1n3C)sc1ccccc12. The van der Waals surface area contributed by atoms with E-state index >= 15 is 0 Å². The van der Waals surface area contributed by atoms with Crippen LogP contribution in [0.3, 0.4) is 0 Å². The third-order valence-electron chi connectivity index (χ3n) is 5.16. The highest BCUT2D eigenvalue weighted by molar-refractivity contribution is 7.26. The van der Waals surface area contributed by atoms with Crippen molar-refractivity contribution in [3.05, 3.63) is 60.2 Å². The molecule has 0 saturated heterocycles. The minimum absolute atomic E-state index is 0.486. The first-order valence-corrected chi connectivity index (χ1v) is 9.29. The van der Waals surface area contributed by atoms with Crippen LogP contribution in [0, 0.1) is 0 Å². The van der Waals surface area contributed by atoms with E-state index in [-0.39, 0.29) is 0 Å². The van der Waals surface area contributed by atoms with Crippen LogP contribution < -0.4 is 0 Å². The van der Waals surface area contributed by atoms with Crippen LogP contribution in [0.5, 0.6) is 0 Å². The molecular formula is C22H19NS. The van der Waals surface area contributed by atoms with E-state index in [9.17, 15) is 0 Å². The highest BCUT2D eigenvalue weighted by Crippen LogP contribution is 2.44. The van der Waals surface area contributed by atoms with E-state index in [1.54, 1.807) is 0 Å². The van der Waals surface area contributed by atoms with Crippen LogP contribution in [-0.4, -0.2) is 4.57 Å². The molecule has 0 aliphatic heterocycles. The maximum Gasteiger partial charge on any atom is 0.0506 e. The minimum Gasteiger partial charge on any atom is -0.344 e. The van der Waals surface area contributed by atoms with Gasteiger partial charge in [-0.25, -0.2) is 0 Å². The van der Waals surface area contributed by atoms with Gasteiger partial charge in [0.15, 0.2) is 0 Å². The molecule has 2 heterocycles. The Bertz CT molecular complexity index is 1240. The third-order valence-corrected chi connectivity index (χ3v) is 6.28. The fourth-order valence-electron chi connectivity index (χ4n) is 4.14. The molecule has 0 aliphatic carbocycles. The summed E-state index contributed by atoms with van der Waals surface area (Å²) in [6.07, 6.45) is 0. The van der Waals surface area contributed by atoms with Gasteiger partial charge in [-0.2, -0.15) is 0 Å². The van der Waals surface area contributed by atoms with Gasteiger partial charge >= 0.3 is 0 Å². The molecule has 118 valence electrons. The van der Waals surface area contributed by atoms with Crippen molar-refractivity contribution in [3.63, 3.8) is 0 Å². The molecule has 0 N–H and O–H groups in total. The second kappa shape index (κ2) is 4.84. The smallest absolute Gasteiger partial charge is 0.0506 e. The molecule has 5 aromatic rings. The maximum atomic E-state index is 2.39. The van der Waals surface area contributed by atoms with E-state index in [0.29, 0.717) is 5.92 Å². The molecule has 2 heteroatoms. The lowest BCUT2D eigenvalue weighted by Crippen LogP contribution is -1.92. The van der Waals surface area contributed by atoms with Crippen molar-refractivity contribution in [2.45, 2.75) is 19.8 Å². The number of rotatable bonds is 1. The van der Waals surface area contributed by atoms with Crippen molar-refractivity contribution < 1.29 is 0 Å². The van der Waals surface area contributed by atoms with Crippen LogP contribution in [0.15, 0.2) is 54.6 Å². The molecule has 5 rings (SSSR count). The van der Waals surface area contributed by atoms with E-state index in [1.807, 2.05) is 11.3 Å². The number of hydrogen-bond donors (Lipinski definition) is 0. The van der Waals surface area contributed by atoms with E-state index in [0.717, 1.165) is 0 Å². The van der Waals surface area contributed by atoms with E-state index < -0.39 is 0 Å². The fourth-order valence-corrected chi connectivity index (χ4v) is 5.29. The monoisotopic (exact) mass is 329 g/mol. The molecule has 3 aromatic carbocycles. The number of para-hydroxylation sites is 1. The number of benzene rings is 3. The van der Waals surface area contributed by atoms with Crippen molar-refractivity contribution in [1.29, 1.82) is 0 Å². The van der Waals surface area contributed by atoms with Gasteiger partial charge in [0.1, 0.15) is 0 Å². The van der Waals surface area contributed by atoms with Gasteiger partial charge in [-0.3, -0.25) is 0 Å². The minimum atomic E-state index is 0.486. The summed E-state index contributed by atoms with van der Waals surface area (Å²) in [6.45, 7) is 4.64. The molecule has 0 saturated carbocycles. The average Bonchev–Trinajstić information content (AvgIpc) is 3.09. The largest absolute Gasteiger partial charge is 0.344 e. The lowest BCUT2D eigenvalue weighted by molar-refractivity contribution is 0.886. The molecule has 0 atom stereocenters. The van der Waals surface area contributed by atoms with E-state index in [1.165, 1.54) is 47.5 Å². The summed E-state index contributed by atoms with van der Waals surface area (Å²) >= 11 is 1.91. The predicted molar refractivity (Wildman–Crippen MR) is 107 cm³/mol. The average molecular weight is 329 g/mol. The van der Waals surface area contributed by atoms with E-state index in [4.69, 9.17) is 0 Å². The van der Waals surface area contributed by atoms with Gasteiger partial charge in [-0.1, -0.05) is 50.2 Å². The molecule has 0 fully saturated rings. The zero-order valence-corrected chi connectivity index (χ0v) is 14.9. The molecule has 2 aromatic heterocycles. The summed E-state index contributed by atoms with van der Waals surface area (Å²) in [7, 11) is 2.19. The number of aromatic nitrogens is 1. The zero-order valence-electron chi connectivity index (χ0n) is 14.1.